The highest BCUT2D eigenvalue weighted by molar-refractivity contribution is 7.10. The second kappa shape index (κ2) is 6.83. The molecular formula is C16H20FNS. The van der Waals surface area contributed by atoms with Crippen molar-refractivity contribution in [3.05, 3.63) is 57.5 Å². The monoisotopic (exact) mass is 277 g/mol. The van der Waals surface area contributed by atoms with Crippen molar-refractivity contribution in [1.29, 1.82) is 0 Å². The van der Waals surface area contributed by atoms with Crippen LogP contribution in [0.2, 0.25) is 0 Å². The fourth-order valence-electron chi connectivity index (χ4n) is 2.31. The maximum Gasteiger partial charge on any atom is 0.123 e. The quantitative estimate of drug-likeness (QED) is 0.828. The van der Waals surface area contributed by atoms with Crippen LogP contribution >= 0.6 is 11.3 Å². The summed E-state index contributed by atoms with van der Waals surface area (Å²) in [5.41, 5.74) is 2.58. The number of rotatable bonds is 6. The summed E-state index contributed by atoms with van der Waals surface area (Å²) in [4.78, 5) is 1.41. The normalized spacial score (nSPS) is 12.6. The second-order valence-electron chi connectivity index (χ2n) is 4.60. The zero-order valence-corrected chi connectivity index (χ0v) is 12.3. The van der Waals surface area contributed by atoms with Crippen molar-refractivity contribution in [2.75, 3.05) is 6.54 Å². The van der Waals surface area contributed by atoms with Crippen LogP contribution in [-0.4, -0.2) is 6.54 Å². The lowest BCUT2D eigenvalue weighted by atomic mass is 10.0. The zero-order chi connectivity index (χ0) is 13.7. The molecule has 0 radical (unpaired) electrons. The summed E-state index contributed by atoms with van der Waals surface area (Å²) in [5, 5.41) is 5.70. The lowest BCUT2D eigenvalue weighted by Gasteiger charge is -2.18. The van der Waals surface area contributed by atoms with Gasteiger partial charge in [-0.2, -0.15) is 0 Å². The van der Waals surface area contributed by atoms with Crippen LogP contribution in [0.5, 0.6) is 0 Å². The Kier molecular flexibility index (Phi) is 5.11. The van der Waals surface area contributed by atoms with Crippen LogP contribution in [-0.2, 0) is 12.8 Å². The standard InChI is InChI=1S/C16H20FNS/c1-3-13-9-10-19-16(13)15(18-4-2)11-12-5-7-14(17)8-6-12/h5-10,15,18H,3-4,11H2,1-2H3. The van der Waals surface area contributed by atoms with E-state index in [1.807, 2.05) is 23.5 Å². The Bertz CT molecular complexity index is 504. The van der Waals surface area contributed by atoms with Gasteiger partial charge in [-0.1, -0.05) is 26.0 Å². The minimum absolute atomic E-state index is 0.172. The third kappa shape index (κ3) is 3.64. The van der Waals surface area contributed by atoms with Crippen molar-refractivity contribution in [3.63, 3.8) is 0 Å². The first-order valence-electron chi connectivity index (χ1n) is 6.78. The topological polar surface area (TPSA) is 12.0 Å². The van der Waals surface area contributed by atoms with Crippen LogP contribution in [0.4, 0.5) is 4.39 Å². The van der Waals surface area contributed by atoms with Crippen molar-refractivity contribution in [1.82, 2.24) is 5.32 Å². The van der Waals surface area contributed by atoms with Gasteiger partial charge >= 0.3 is 0 Å². The van der Waals surface area contributed by atoms with Crippen molar-refractivity contribution in [3.8, 4) is 0 Å². The molecule has 0 saturated carbocycles. The number of thiophene rings is 1. The number of likely N-dealkylation sites (N-methyl/N-ethyl adjacent to an activating group) is 1. The van der Waals surface area contributed by atoms with Crippen molar-refractivity contribution in [2.24, 2.45) is 0 Å². The first-order chi connectivity index (χ1) is 9.24. The molecule has 2 rings (SSSR count). The van der Waals surface area contributed by atoms with E-state index in [1.54, 1.807) is 0 Å². The number of hydrogen-bond acceptors (Lipinski definition) is 2. The van der Waals surface area contributed by atoms with E-state index in [1.165, 1.54) is 28.1 Å². The summed E-state index contributed by atoms with van der Waals surface area (Å²) < 4.78 is 13.0. The van der Waals surface area contributed by atoms with E-state index >= 15 is 0 Å². The number of benzene rings is 1. The van der Waals surface area contributed by atoms with E-state index in [-0.39, 0.29) is 5.82 Å². The first kappa shape index (κ1) is 14.2. The predicted molar refractivity (Wildman–Crippen MR) is 80.2 cm³/mol. The Morgan fingerprint density at radius 3 is 2.53 bits per heavy atom. The summed E-state index contributed by atoms with van der Waals surface area (Å²) in [6, 6.07) is 9.35. The van der Waals surface area contributed by atoms with Gasteiger partial charge in [0, 0.05) is 10.9 Å². The van der Waals surface area contributed by atoms with Gasteiger partial charge in [-0.05, 0) is 54.1 Å². The molecule has 1 aromatic heterocycles. The maximum atomic E-state index is 13.0. The molecule has 0 aliphatic heterocycles. The molecule has 0 fully saturated rings. The Labute approximate surface area is 118 Å². The Morgan fingerprint density at radius 2 is 1.89 bits per heavy atom. The van der Waals surface area contributed by atoms with Gasteiger partial charge in [0.05, 0.1) is 0 Å². The molecule has 1 aromatic carbocycles. The highest BCUT2D eigenvalue weighted by Gasteiger charge is 2.15. The molecule has 0 aliphatic rings. The van der Waals surface area contributed by atoms with E-state index in [0.717, 1.165) is 19.4 Å². The molecule has 1 atom stereocenters. The summed E-state index contributed by atoms with van der Waals surface area (Å²) in [5.74, 6) is -0.172. The third-order valence-corrected chi connectivity index (χ3v) is 4.35. The van der Waals surface area contributed by atoms with Crippen LogP contribution < -0.4 is 5.32 Å². The molecule has 2 aromatic rings. The highest BCUT2D eigenvalue weighted by Crippen LogP contribution is 2.27. The van der Waals surface area contributed by atoms with Crippen molar-refractivity contribution in [2.45, 2.75) is 32.7 Å². The smallest absolute Gasteiger partial charge is 0.123 e. The van der Waals surface area contributed by atoms with Gasteiger partial charge in [-0.3, -0.25) is 0 Å². The van der Waals surface area contributed by atoms with E-state index in [4.69, 9.17) is 0 Å². The molecule has 0 bridgehead atoms. The third-order valence-electron chi connectivity index (χ3n) is 3.28. The second-order valence-corrected chi connectivity index (χ2v) is 5.55. The van der Waals surface area contributed by atoms with E-state index in [0.29, 0.717) is 6.04 Å². The molecule has 19 heavy (non-hydrogen) atoms. The molecular weight excluding hydrogens is 257 g/mol. The molecule has 0 spiro atoms. The molecule has 0 saturated heterocycles. The maximum absolute atomic E-state index is 13.0. The molecule has 1 nitrogen and oxygen atoms in total. The molecule has 1 heterocycles. The lowest BCUT2D eigenvalue weighted by molar-refractivity contribution is 0.553. The van der Waals surface area contributed by atoms with Gasteiger partial charge in [0.1, 0.15) is 5.82 Å². The zero-order valence-electron chi connectivity index (χ0n) is 11.4. The Hall–Kier alpha value is -1.19. The van der Waals surface area contributed by atoms with Crippen LogP contribution in [0, 0.1) is 5.82 Å². The van der Waals surface area contributed by atoms with Crippen LogP contribution in [0.3, 0.4) is 0 Å². The largest absolute Gasteiger partial charge is 0.309 e. The molecule has 0 aliphatic carbocycles. The first-order valence-corrected chi connectivity index (χ1v) is 7.66. The number of halogens is 1. The van der Waals surface area contributed by atoms with Gasteiger partial charge in [0.2, 0.25) is 0 Å². The minimum Gasteiger partial charge on any atom is -0.309 e. The molecule has 1 N–H and O–H groups in total. The van der Waals surface area contributed by atoms with Crippen molar-refractivity contribution < 1.29 is 4.39 Å². The van der Waals surface area contributed by atoms with Crippen LogP contribution in [0.15, 0.2) is 35.7 Å². The van der Waals surface area contributed by atoms with Gasteiger partial charge in [0.25, 0.3) is 0 Å². The Morgan fingerprint density at radius 1 is 1.16 bits per heavy atom. The molecule has 1 unspecified atom stereocenters. The van der Waals surface area contributed by atoms with Crippen LogP contribution in [0.1, 0.15) is 35.9 Å². The SMILES string of the molecule is CCNC(Cc1ccc(F)cc1)c1sccc1CC. The van der Waals surface area contributed by atoms with Crippen LogP contribution in [0.25, 0.3) is 0 Å². The minimum atomic E-state index is -0.172. The lowest BCUT2D eigenvalue weighted by Crippen LogP contribution is -2.23. The fourth-order valence-corrected chi connectivity index (χ4v) is 3.38. The number of hydrogen-bond donors (Lipinski definition) is 1. The fraction of sp³-hybridized carbons (Fsp3) is 0.375. The summed E-state index contributed by atoms with van der Waals surface area (Å²) in [7, 11) is 0. The molecule has 0 amide bonds. The molecule has 3 heteroatoms. The van der Waals surface area contributed by atoms with E-state index in [2.05, 4.69) is 30.6 Å². The summed E-state index contributed by atoms with van der Waals surface area (Å²) in [6.45, 7) is 5.25. The Balaban J connectivity index is 2.18. The average molecular weight is 277 g/mol. The summed E-state index contributed by atoms with van der Waals surface area (Å²) >= 11 is 1.81. The predicted octanol–water partition coefficient (Wildman–Crippen LogP) is 4.34. The number of aryl methyl sites for hydroxylation is 1. The van der Waals surface area contributed by atoms with E-state index < -0.39 is 0 Å². The average Bonchev–Trinajstić information content (AvgIpc) is 2.89. The summed E-state index contributed by atoms with van der Waals surface area (Å²) in [6.07, 6.45) is 1.96. The van der Waals surface area contributed by atoms with Gasteiger partial charge in [-0.25, -0.2) is 4.39 Å². The van der Waals surface area contributed by atoms with Gasteiger partial charge < -0.3 is 5.32 Å². The van der Waals surface area contributed by atoms with Crippen molar-refractivity contribution >= 4 is 11.3 Å². The number of nitrogens with one attached hydrogen (secondary N) is 1. The van der Waals surface area contributed by atoms with Gasteiger partial charge in [-0.15, -0.1) is 11.3 Å². The molecule has 102 valence electrons. The van der Waals surface area contributed by atoms with E-state index in [9.17, 15) is 4.39 Å². The van der Waals surface area contributed by atoms with Gasteiger partial charge in [0.15, 0.2) is 0 Å². The highest BCUT2D eigenvalue weighted by atomic mass is 32.1.